The van der Waals surface area contributed by atoms with E-state index in [0.29, 0.717) is 13.0 Å². The highest BCUT2D eigenvalue weighted by Crippen LogP contribution is 2.10. The highest BCUT2D eigenvalue weighted by atomic mass is 79.9. The van der Waals surface area contributed by atoms with E-state index in [2.05, 4.69) is 33.4 Å². The van der Waals surface area contributed by atoms with Crippen LogP contribution in [0.25, 0.3) is 0 Å². The van der Waals surface area contributed by atoms with Gasteiger partial charge < -0.3 is 16.2 Å². The minimum atomic E-state index is -0.537. The molecule has 2 aromatic rings. The van der Waals surface area contributed by atoms with Crippen molar-refractivity contribution in [3.63, 3.8) is 0 Å². The number of nitrogens with two attached hydrogens (primary N) is 1. The number of aliphatic hydroxyl groups is 1. The van der Waals surface area contributed by atoms with Crippen molar-refractivity contribution in [2.75, 3.05) is 13.1 Å². The number of rotatable bonds is 8. The molecule has 0 radical (unpaired) electrons. The van der Waals surface area contributed by atoms with E-state index >= 15 is 0 Å². The van der Waals surface area contributed by atoms with Gasteiger partial charge in [0.2, 0.25) is 0 Å². The smallest absolute Gasteiger partial charge is 0.0818 e. The molecule has 0 aliphatic heterocycles. The number of hydrogen-bond acceptors (Lipinski definition) is 3. The van der Waals surface area contributed by atoms with Crippen LogP contribution >= 0.6 is 15.9 Å². The van der Waals surface area contributed by atoms with E-state index in [1.165, 1.54) is 5.56 Å². The summed E-state index contributed by atoms with van der Waals surface area (Å²) in [5.74, 6) is 0. The maximum Gasteiger partial charge on any atom is 0.0818 e. The quantitative estimate of drug-likeness (QED) is 0.632. The standard InChI is InChI=1S/C18H23BrN2O/c19-16-8-6-14(7-9-16)10-11-21-13-18(22)17(20)12-15-4-2-1-3-5-15/h1-9,17-18,21-22H,10-13,20H2/t17-,18+/m0/s1. The Labute approximate surface area is 140 Å². The molecule has 22 heavy (non-hydrogen) atoms. The SMILES string of the molecule is N[C@@H](Cc1ccccc1)[C@H](O)CNCCc1ccc(Br)cc1. The van der Waals surface area contributed by atoms with Gasteiger partial charge in [0.1, 0.15) is 0 Å². The van der Waals surface area contributed by atoms with Crippen LogP contribution in [0.15, 0.2) is 59.1 Å². The molecule has 0 fully saturated rings. The molecule has 0 aromatic heterocycles. The fourth-order valence-electron chi connectivity index (χ4n) is 2.31. The van der Waals surface area contributed by atoms with Crippen molar-refractivity contribution in [3.8, 4) is 0 Å². The molecular weight excluding hydrogens is 340 g/mol. The maximum atomic E-state index is 10.1. The van der Waals surface area contributed by atoms with E-state index in [1.54, 1.807) is 0 Å². The number of benzene rings is 2. The molecule has 4 N–H and O–H groups in total. The monoisotopic (exact) mass is 362 g/mol. The van der Waals surface area contributed by atoms with Crippen LogP contribution in [0.2, 0.25) is 0 Å². The highest BCUT2D eigenvalue weighted by Gasteiger charge is 2.14. The predicted molar refractivity (Wildman–Crippen MR) is 94.8 cm³/mol. The number of hydrogen-bond donors (Lipinski definition) is 3. The van der Waals surface area contributed by atoms with E-state index in [1.807, 2.05) is 42.5 Å². The molecule has 0 unspecified atom stereocenters. The molecule has 0 saturated heterocycles. The molecule has 0 spiro atoms. The zero-order valence-corrected chi connectivity index (χ0v) is 14.2. The summed E-state index contributed by atoms with van der Waals surface area (Å²) in [6.07, 6.45) is 1.09. The third-order valence-corrected chi connectivity index (χ3v) is 4.19. The van der Waals surface area contributed by atoms with Crippen LogP contribution in [0, 0.1) is 0 Å². The van der Waals surface area contributed by atoms with Crippen LogP contribution < -0.4 is 11.1 Å². The Balaban J connectivity index is 1.66. The second-order valence-electron chi connectivity index (χ2n) is 5.50. The molecule has 0 bridgehead atoms. The van der Waals surface area contributed by atoms with Gasteiger partial charge in [0.25, 0.3) is 0 Å². The van der Waals surface area contributed by atoms with Crippen molar-refractivity contribution in [2.45, 2.75) is 25.0 Å². The largest absolute Gasteiger partial charge is 0.390 e. The lowest BCUT2D eigenvalue weighted by atomic mass is 10.0. The van der Waals surface area contributed by atoms with Gasteiger partial charge in [-0.15, -0.1) is 0 Å². The van der Waals surface area contributed by atoms with Crippen LogP contribution in [0.4, 0.5) is 0 Å². The van der Waals surface area contributed by atoms with Crippen LogP contribution in [-0.2, 0) is 12.8 Å². The van der Waals surface area contributed by atoms with Crippen molar-refractivity contribution in [1.82, 2.24) is 5.32 Å². The number of halogens is 1. The maximum absolute atomic E-state index is 10.1. The Morgan fingerprint density at radius 1 is 1.00 bits per heavy atom. The molecule has 2 rings (SSSR count). The van der Waals surface area contributed by atoms with E-state index in [-0.39, 0.29) is 6.04 Å². The van der Waals surface area contributed by atoms with E-state index < -0.39 is 6.10 Å². The Hall–Kier alpha value is -1.20. The van der Waals surface area contributed by atoms with Gasteiger partial charge in [0.15, 0.2) is 0 Å². The number of aliphatic hydroxyl groups excluding tert-OH is 1. The molecule has 0 amide bonds. The Morgan fingerprint density at radius 3 is 2.36 bits per heavy atom. The Kier molecular flexibility index (Phi) is 7.06. The van der Waals surface area contributed by atoms with Gasteiger partial charge in [-0.3, -0.25) is 0 Å². The summed E-state index contributed by atoms with van der Waals surface area (Å²) in [5, 5.41) is 13.4. The molecule has 2 atom stereocenters. The zero-order chi connectivity index (χ0) is 15.8. The summed E-state index contributed by atoms with van der Waals surface area (Å²) >= 11 is 3.43. The first-order valence-corrected chi connectivity index (χ1v) is 8.37. The second kappa shape index (κ2) is 9.06. The fourth-order valence-corrected chi connectivity index (χ4v) is 2.57. The third-order valence-electron chi connectivity index (χ3n) is 3.67. The lowest BCUT2D eigenvalue weighted by Gasteiger charge is -2.19. The van der Waals surface area contributed by atoms with Gasteiger partial charge in [0.05, 0.1) is 6.10 Å². The zero-order valence-electron chi connectivity index (χ0n) is 12.6. The molecular formula is C18H23BrN2O. The summed E-state index contributed by atoms with van der Waals surface area (Å²) in [6.45, 7) is 1.35. The van der Waals surface area contributed by atoms with E-state index in [9.17, 15) is 5.11 Å². The first-order chi connectivity index (χ1) is 10.6. The van der Waals surface area contributed by atoms with Crippen LogP contribution in [0.1, 0.15) is 11.1 Å². The molecule has 0 saturated carbocycles. The van der Waals surface area contributed by atoms with E-state index in [0.717, 1.165) is 23.0 Å². The lowest BCUT2D eigenvalue weighted by molar-refractivity contribution is 0.142. The Morgan fingerprint density at radius 2 is 1.68 bits per heavy atom. The van der Waals surface area contributed by atoms with Gasteiger partial charge in [-0.1, -0.05) is 58.4 Å². The Bertz CT molecular complexity index is 545. The molecule has 0 aliphatic rings. The summed E-state index contributed by atoms with van der Waals surface area (Å²) < 4.78 is 1.09. The van der Waals surface area contributed by atoms with Gasteiger partial charge in [-0.2, -0.15) is 0 Å². The first-order valence-electron chi connectivity index (χ1n) is 7.58. The summed E-state index contributed by atoms with van der Waals surface area (Å²) in [7, 11) is 0. The van der Waals surface area contributed by atoms with Gasteiger partial charge >= 0.3 is 0 Å². The first kappa shape index (κ1) is 17.2. The van der Waals surface area contributed by atoms with Gasteiger partial charge in [-0.05, 0) is 42.6 Å². The number of nitrogens with one attached hydrogen (secondary N) is 1. The topological polar surface area (TPSA) is 58.3 Å². The van der Waals surface area contributed by atoms with Crippen LogP contribution in [-0.4, -0.2) is 30.3 Å². The minimum Gasteiger partial charge on any atom is -0.390 e. The lowest BCUT2D eigenvalue weighted by Crippen LogP contribution is -2.43. The average Bonchev–Trinajstić information content (AvgIpc) is 2.54. The van der Waals surface area contributed by atoms with E-state index in [4.69, 9.17) is 5.73 Å². The normalized spacial score (nSPS) is 13.8. The van der Waals surface area contributed by atoms with Crippen molar-refractivity contribution in [1.29, 1.82) is 0 Å². The van der Waals surface area contributed by atoms with Crippen LogP contribution in [0.5, 0.6) is 0 Å². The summed E-state index contributed by atoms with van der Waals surface area (Å²) in [5.41, 5.74) is 8.50. The highest BCUT2D eigenvalue weighted by molar-refractivity contribution is 9.10. The molecule has 4 heteroatoms. The van der Waals surface area contributed by atoms with Crippen molar-refractivity contribution < 1.29 is 5.11 Å². The predicted octanol–water partition coefficient (Wildman–Crippen LogP) is 2.51. The molecule has 2 aromatic carbocycles. The van der Waals surface area contributed by atoms with Crippen molar-refractivity contribution in [3.05, 3.63) is 70.2 Å². The molecule has 118 valence electrons. The van der Waals surface area contributed by atoms with Crippen molar-refractivity contribution >= 4 is 15.9 Å². The summed E-state index contributed by atoms with van der Waals surface area (Å²) in [6, 6.07) is 18.1. The fraction of sp³-hybridized carbons (Fsp3) is 0.333. The molecule has 0 aliphatic carbocycles. The molecule has 3 nitrogen and oxygen atoms in total. The molecule has 0 heterocycles. The van der Waals surface area contributed by atoms with Crippen molar-refractivity contribution in [2.24, 2.45) is 5.73 Å². The third kappa shape index (κ3) is 5.89. The van der Waals surface area contributed by atoms with Gasteiger partial charge in [0, 0.05) is 17.1 Å². The summed E-state index contributed by atoms with van der Waals surface area (Å²) in [4.78, 5) is 0. The second-order valence-corrected chi connectivity index (χ2v) is 6.42. The van der Waals surface area contributed by atoms with Gasteiger partial charge in [-0.25, -0.2) is 0 Å². The van der Waals surface area contributed by atoms with Crippen LogP contribution in [0.3, 0.4) is 0 Å². The minimum absolute atomic E-state index is 0.248. The average molecular weight is 363 g/mol.